The number of nitriles is 1. The molecule has 0 aromatic rings. The summed E-state index contributed by atoms with van der Waals surface area (Å²) in [7, 11) is 0. The van der Waals surface area contributed by atoms with Crippen LogP contribution < -0.4 is 5.32 Å². The highest BCUT2D eigenvalue weighted by atomic mass is 16.6. The van der Waals surface area contributed by atoms with Crippen LogP contribution in [0, 0.1) is 16.7 Å². The number of ether oxygens (including phenoxy) is 1. The van der Waals surface area contributed by atoms with E-state index < -0.39 is 5.60 Å². The first-order valence-electron chi connectivity index (χ1n) is 5.90. The minimum atomic E-state index is -0.440. The molecule has 1 heterocycles. The Morgan fingerprint density at radius 3 is 2.65 bits per heavy atom. The van der Waals surface area contributed by atoms with Gasteiger partial charge >= 0.3 is 5.97 Å². The molecule has 1 saturated carbocycles. The minimum absolute atomic E-state index is 0.0189. The molecule has 0 amide bonds. The molecule has 4 nitrogen and oxygen atoms in total. The lowest BCUT2D eigenvalue weighted by Gasteiger charge is -2.56. The van der Waals surface area contributed by atoms with Gasteiger partial charge in [0.2, 0.25) is 0 Å². The van der Waals surface area contributed by atoms with Gasteiger partial charge in [-0.15, -0.1) is 0 Å². The van der Waals surface area contributed by atoms with Crippen molar-refractivity contribution < 1.29 is 9.53 Å². The van der Waals surface area contributed by atoms with Crippen molar-refractivity contribution in [3.05, 3.63) is 11.6 Å². The van der Waals surface area contributed by atoms with Crippen LogP contribution in [0.5, 0.6) is 0 Å². The number of nitrogens with one attached hydrogen (secondary N) is 1. The van der Waals surface area contributed by atoms with E-state index in [4.69, 9.17) is 10.00 Å². The Morgan fingerprint density at radius 2 is 2.24 bits per heavy atom. The lowest BCUT2D eigenvalue weighted by molar-refractivity contribution is -0.168. The molecule has 1 unspecified atom stereocenters. The van der Waals surface area contributed by atoms with Crippen LogP contribution in [-0.2, 0) is 9.53 Å². The molecular formula is C13H18N2O2. The van der Waals surface area contributed by atoms with Crippen LogP contribution >= 0.6 is 0 Å². The van der Waals surface area contributed by atoms with Crippen molar-refractivity contribution in [3.8, 4) is 6.07 Å². The van der Waals surface area contributed by atoms with Gasteiger partial charge in [0.15, 0.2) is 0 Å². The summed E-state index contributed by atoms with van der Waals surface area (Å²) in [4.78, 5) is 11.9. The summed E-state index contributed by atoms with van der Waals surface area (Å²) in [6.07, 6.45) is 3.28. The summed E-state index contributed by atoms with van der Waals surface area (Å²) in [5, 5.41) is 11.7. The Hall–Kier alpha value is -1.34. The summed E-state index contributed by atoms with van der Waals surface area (Å²) >= 11 is 0. The number of hydrogen-bond acceptors (Lipinski definition) is 4. The maximum Gasteiger partial charge on any atom is 0.324 e. The molecular weight excluding hydrogens is 216 g/mol. The second-order valence-corrected chi connectivity index (χ2v) is 5.99. The molecule has 1 N–H and O–H groups in total. The molecule has 1 atom stereocenters. The van der Waals surface area contributed by atoms with Gasteiger partial charge in [0.1, 0.15) is 11.6 Å². The minimum Gasteiger partial charge on any atom is -0.459 e. The van der Waals surface area contributed by atoms with Crippen molar-refractivity contribution in [2.45, 2.75) is 45.3 Å². The number of allylic oxidation sites excluding steroid dienone is 2. The Balaban J connectivity index is 1.95. The average molecular weight is 234 g/mol. The molecule has 0 aromatic carbocycles. The number of carbonyl (C=O) groups is 1. The monoisotopic (exact) mass is 234 g/mol. The highest BCUT2D eigenvalue weighted by Gasteiger charge is 2.57. The van der Waals surface area contributed by atoms with Gasteiger partial charge in [0.25, 0.3) is 0 Å². The number of hydrogen-bond donors (Lipinski definition) is 1. The smallest absolute Gasteiger partial charge is 0.324 e. The van der Waals surface area contributed by atoms with Gasteiger partial charge in [-0.3, -0.25) is 4.79 Å². The molecule has 2 aliphatic rings. The molecule has 0 bridgehead atoms. The third kappa shape index (κ3) is 2.20. The SMILES string of the molecule is CC(C)(C)OC(=O)C1NCC12CC(=CC#N)C2. The Bertz CT molecular complexity index is 404. The van der Waals surface area contributed by atoms with E-state index in [0.29, 0.717) is 0 Å². The van der Waals surface area contributed by atoms with Gasteiger partial charge in [-0.25, -0.2) is 0 Å². The number of esters is 1. The Labute approximate surface area is 102 Å². The first-order valence-corrected chi connectivity index (χ1v) is 5.90. The van der Waals surface area contributed by atoms with Crippen LogP contribution in [0.4, 0.5) is 0 Å². The van der Waals surface area contributed by atoms with Gasteiger partial charge < -0.3 is 10.1 Å². The van der Waals surface area contributed by atoms with Crippen molar-refractivity contribution in [1.29, 1.82) is 5.26 Å². The molecule has 0 radical (unpaired) electrons. The predicted octanol–water partition coefficient (Wildman–Crippen LogP) is 1.53. The molecule has 2 fully saturated rings. The Kier molecular flexibility index (Phi) is 2.75. The van der Waals surface area contributed by atoms with E-state index in [9.17, 15) is 4.79 Å². The molecule has 1 aliphatic heterocycles. The van der Waals surface area contributed by atoms with E-state index in [1.165, 1.54) is 0 Å². The molecule has 2 rings (SSSR count). The molecule has 17 heavy (non-hydrogen) atoms. The molecule has 1 saturated heterocycles. The fourth-order valence-corrected chi connectivity index (χ4v) is 2.56. The van der Waals surface area contributed by atoms with Crippen LogP contribution in [0.25, 0.3) is 0 Å². The summed E-state index contributed by atoms with van der Waals surface area (Å²) in [5.41, 5.74) is 0.720. The van der Waals surface area contributed by atoms with E-state index in [2.05, 4.69) is 5.32 Å². The second-order valence-electron chi connectivity index (χ2n) is 5.99. The molecule has 92 valence electrons. The van der Waals surface area contributed by atoms with Crippen LogP contribution in [-0.4, -0.2) is 24.2 Å². The topological polar surface area (TPSA) is 62.1 Å². The average Bonchev–Trinajstić information content (AvgIpc) is 2.04. The normalized spacial score (nSPS) is 31.2. The second kappa shape index (κ2) is 3.85. The first-order chi connectivity index (χ1) is 7.86. The van der Waals surface area contributed by atoms with Crippen LogP contribution in [0.3, 0.4) is 0 Å². The van der Waals surface area contributed by atoms with Gasteiger partial charge in [-0.2, -0.15) is 5.26 Å². The van der Waals surface area contributed by atoms with E-state index in [1.807, 2.05) is 26.8 Å². The number of nitrogens with zero attached hydrogens (tertiary/aromatic N) is 1. The summed E-state index contributed by atoms with van der Waals surface area (Å²) in [5.74, 6) is -0.167. The highest BCUT2D eigenvalue weighted by molar-refractivity contribution is 5.79. The molecule has 1 spiro atoms. The maximum atomic E-state index is 11.9. The zero-order chi connectivity index (χ0) is 12.7. The lowest BCUT2D eigenvalue weighted by atomic mass is 9.57. The van der Waals surface area contributed by atoms with Crippen LogP contribution in [0.15, 0.2) is 11.6 Å². The third-order valence-electron chi connectivity index (χ3n) is 3.34. The standard InChI is InChI=1S/C13H18N2O2/c1-12(2,3)17-11(16)10-13(8-15-10)6-9(7-13)4-5-14/h4,10,15H,6-8H2,1-3H3. The van der Waals surface area contributed by atoms with Crippen molar-refractivity contribution in [3.63, 3.8) is 0 Å². The molecule has 4 heteroatoms. The van der Waals surface area contributed by atoms with E-state index in [1.54, 1.807) is 6.08 Å². The van der Waals surface area contributed by atoms with Gasteiger partial charge in [-0.05, 0) is 33.6 Å². The summed E-state index contributed by atoms with van der Waals surface area (Å²) < 4.78 is 5.38. The summed E-state index contributed by atoms with van der Waals surface area (Å²) in [6, 6.07) is 1.84. The first kappa shape index (κ1) is 12.1. The van der Waals surface area contributed by atoms with E-state index in [-0.39, 0.29) is 17.4 Å². The highest BCUT2D eigenvalue weighted by Crippen LogP contribution is 2.52. The third-order valence-corrected chi connectivity index (χ3v) is 3.34. The molecule has 0 aromatic heterocycles. The van der Waals surface area contributed by atoms with Crippen molar-refractivity contribution >= 4 is 5.97 Å². The van der Waals surface area contributed by atoms with Crippen molar-refractivity contribution in [1.82, 2.24) is 5.32 Å². The predicted molar refractivity (Wildman–Crippen MR) is 63.0 cm³/mol. The van der Waals surface area contributed by atoms with Gasteiger partial charge in [0, 0.05) is 18.0 Å². The fourth-order valence-electron chi connectivity index (χ4n) is 2.56. The Morgan fingerprint density at radius 1 is 1.59 bits per heavy atom. The number of rotatable bonds is 1. The number of carbonyl (C=O) groups excluding carboxylic acids is 1. The van der Waals surface area contributed by atoms with Gasteiger partial charge in [-0.1, -0.05) is 5.57 Å². The lowest BCUT2D eigenvalue weighted by Crippen LogP contribution is -2.69. The quantitative estimate of drug-likeness (QED) is 0.552. The largest absolute Gasteiger partial charge is 0.459 e. The zero-order valence-electron chi connectivity index (χ0n) is 10.5. The van der Waals surface area contributed by atoms with E-state index in [0.717, 1.165) is 25.0 Å². The van der Waals surface area contributed by atoms with Crippen LogP contribution in [0.1, 0.15) is 33.6 Å². The maximum absolute atomic E-state index is 11.9. The summed E-state index contributed by atoms with van der Waals surface area (Å²) in [6.45, 7) is 6.47. The van der Waals surface area contributed by atoms with Crippen molar-refractivity contribution in [2.75, 3.05) is 6.54 Å². The van der Waals surface area contributed by atoms with E-state index >= 15 is 0 Å². The zero-order valence-corrected chi connectivity index (χ0v) is 10.5. The van der Waals surface area contributed by atoms with Crippen LogP contribution in [0.2, 0.25) is 0 Å². The fraction of sp³-hybridized carbons (Fsp3) is 0.692. The van der Waals surface area contributed by atoms with Gasteiger partial charge in [0.05, 0.1) is 6.07 Å². The molecule has 1 aliphatic carbocycles. The van der Waals surface area contributed by atoms with Crippen molar-refractivity contribution in [2.24, 2.45) is 5.41 Å².